The van der Waals surface area contributed by atoms with Crippen molar-refractivity contribution in [3.05, 3.63) is 48.5 Å². The fourth-order valence-electron chi connectivity index (χ4n) is 1.73. The quantitative estimate of drug-likeness (QED) is 0.723. The van der Waals surface area contributed by atoms with E-state index in [4.69, 9.17) is 0 Å². The van der Waals surface area contributed by atoms with Crippen molar-refractivity contribution in [1.29, 1.82) is 0 Å². The highest BCUT2D eigenvalue weighted by molar-refractivity contribution is 5.37. The molecule has 8 heteroatoms. The van der Waals surface area contributed by atoms with Crippen LogP contribution in [0.25, 0.3) is 5.95 Å². The highest BCUT2D eigenvalue weighted by Crippen LogP contribution is 2.09. The summed E-state index contributed by atoms with van der Waals surface area (Å²) < 4.78 is 1.58. The Hall–Kier alpha value is -3.03. The van der Waals surface area contributed by atoms with Crippen molar-refractivity contribution in [2.45, 2.75) is 6.54 Å². The van der Waals surface area contributed by atoms with Crippen LogP contribution in [0.1, 0.15) is 5.56 Å². The van der Waals surface area contributed by atoms with Gasteiger partial charge in [0.05, 0.1) is 0 Å². The smallest absolute Gasteiger partial charge is 0.257 e. The number of hydrogen-bond donors (Lipinski definition) is 2. The summed E-state index contributed by atoms with van der Waals surface area (Å²) in [5, 5.41) is 10.2. The number of pyridine rings is 1. The highest BCUT2D eigenvalue weighted by Gasteiger charge is 2.07. The maximum atomic E-state index is 4.35. The van der Waals surface area contributed by atoms with E-state index in [1.54, 1.807) is 36.5 Å². The second-order valence-corrected chi connectivity index (χ2v) is 4.20. The molecule has 0 radical (unpaired) electrons. The third kappa shape index (κ3) is 3.11. The average Bonchev–Trinajstić information content (AvgIpc) is 3.08. The van der Waals surface area contributed by atoms with Crippen molar-refractivity contribution < 1.29 is 0 Å². The Balaban J connectivity index is 1.83. The number of rotatable bonds is 5. The molecule has 0 aliphatic heterocycles. The van der Waals surface area contributed by atoms with Gasteiger partial charge >= 0.3 is 0 Å². The molecule has 3 aromatic heterocycles. The first-order chi connectivity index (χ1) is 10.3. The largest absolute Gasteiger partial charge is 0.357 e. The van der Waals surface area contributed by atoms with Crippen LogP contribution in [0.3, 0.4) is 0 Å². The van der Waals surface area contributed by atoms with Gasteiger partial charge in [0.1, 0.15) is 0 Å². The summed E-state index contributed by atoms with van der Waals surface area (Å²) in [6.45, 7) is 0.583. The van der Waals surface area contributed by atoms with E-state index in [-0.39, 0.29) is 0 Å². The van der Waals surface area contributed by atoms with Crippen molar-refractivity contribution in [2.75, 3.05) is 17.7 Å². The molecule has 3 rings (SSSR count). The Morgan fingerprint density at radius 2 is 2.00 bits per heavy atom. The van der Waals surface area contributed by atoms with Gasteiger partial charge in [-0.3, -0.25) is 4.98 Å². The molecule has 0 bridgehead atoms. The summed E-state index contributed by atoms with van der Waals surface area (Å²) in [5.41, 5.74) is 1.05. The van der Waals surface area contributed by atoms with Crippen LogP contribution >= 0.6 is 0 Å². The highest BCUT2D eigenvalue weighted by atomic mass is 15.4. The molecule has 0 atom stereocenters. The number of nitrogens with zero attached hydrogens (tertiary/aromatic N) is 6. The van der Waals surface area contributed by atoms with Gasteiger partial charge in [-0.2, -0.15) is 20.1 Å². The molecule has 0 fully saturated rings. The maximum absolute atomic E-state index is 4.35. The molecule has 0 spiro atoms. The van der Waals surface area contributed by atoms with Crippen molar-refractivity contribution in [1.82, 2.24) is 29.7 Å². The Morgan fingerprint density at radius 3 is 2.71 bits per heavy atom. The molecule has 0 unspecified atom stereocenters. The Bertz CT molecular complexity index is 695. The molecule has 0 aliphatic rings. The first-order valence-corrected chi connectivity index (χ1v) is 6.42. The summed E-state index contributed by atoms with van der Waals surface area (Å²) >= 11 is 0. The fourth-order valence-corrected chi connectivity index (χ4v) is 1.73. The fraction of sp³-hybridized carbons (Fsp3) is 0.154. The second kappa shape index (κ2) is 5.95. The minimum absolute atomic E-state index is 0.452. The number of anilines is 2. The first kappa shape index (κ1) is 13.0. The molecule has 21 heavy (non-hydrogen) atoms. The van der Waals surface area contributed by atoms with Crippen LogP contribution in [0.15, 0.2) is 43.0 Å². The average molecular weight is 282 g/mol. The Morgan fingerprint density at radius 1 is 1.10 bits per heavy atom. The van der Waals surface area contributed by atoms with E-state index in [0.717, 1.165) is 5.56 Å². The van der Waals surface area contributed by atoms with E-state index >= 15 is 0 Å². The number of nitrogens with one attached hydrogen (secondary N) is 2. The van der Waals surface area contributed by atoms with E-state index in [1.165, 1.54) is 0 Å². The van der Waals surface area contributed by atoms with E-state index in [9.17, 15) is 0 Å². The van der Waals surface area contributed by atoms with Gasteiger partial charge in [-0.1, -0.05) is 6.07 Å². The molecular weight excluding hydrogens is 268 g/mol. The molecule has 0 amide bonds. The van der Waals surface area contributed by atoms with Crippen LogP contribution in [-0.4, -0.2) is 36.8 Å². The number of aromatic nitrogens is 6. The molecule has 8 nitrogen and oxygen atoms in total. The minimum Gasteiger partial charge on any atom is -0.357 e. The molecular formula is C13H14N8. The van der Waals surface area contributed by atoms with E-state index < -0.39 is 0 Å². The van der Waals surface area contributed by atoms with Crippen molar-refractivity contribution >= 4 is 11.9 Å². The van der Waals surface area contributed by atoms with Gasteiger partial charge in [-0.25, -0.2) is 4.68 Å². The van der Waals surface area contributed by atoms with E-state index in [1.807, 2.05) is 18.2 Å². The zero-order chi connectivity index (χ0) is 14.5. The lowest BCUT2D eigenvalue weighted by Gasteiger charge is -2.08. The van der Waals surface area contributed by atoms with E-state index in [2.05, 4.69) is 35.7 Å². The molecule has 3 heterocycles. The maximum Gasteiger partial charge on any atom is 0.257 e. The van der Waals surface area contributed by atoms with Crippen LogP contribution in [0, 0.1) is 0 Å². The molecule has 0 saturated heterocycles. The predicted octanol–water partition coefficient (Wildman–Crippen LogP) is 1.11. The monoisotopic (exact) mass is 282 g/mol. The second-order valence-electron chi connectivity index (χ2n) is 4.20. The number of hydrogen-bond acceptors (Lipinski definition) is 7. The zero-order valence-corrected chi connectivity index (χ0v) is 11.4. The van der Waals surface area contributed by atoms with Gasteiger partial charge in [0.25, 0.3) is 5.95 Å². The SMILES string of the molecule is CNc1nc(NCc2cccnc2)nc(-n2cccn2)n1. The first-order valence-electron chi connectivity index (χ1n) is 6.42. The Kier molecular flexibility index (Phi) is 3.68. The van der Waals surface area contributed by atoms with Crippen molar-refractivity contribution in [2.24, 2.45) is 0 Å². The van der Waals surface area contributed by atoms with Crippen molar-refractivity contribution in [3.8, 4) is 5.95 Å². The van der Waals surface area contributed by atoms with Crippen LogP contribution in [-0.2, 0) is 6.54 Å². The van der Waals surface area contributed by atoms with Crippen LogP contribution in [0.4, 0.5) is 11.9 Å². The Labute approximate surface area is 121 Å². The van der Waals surface area contributed by atoms with E-state index in [0.29, 0.717) is 24.4 Å². The third-order valence-corrected chi connectivity index (χ3v) is 2.73. The predicted molar refractivity (Wildman–Crippen MR) is 78.1 cm³/mol. The van der Waals surface area contributed by atoms with Gasteiger partial charge in [-0.05, 0) is 17.7 Å². The van der Waals surface area contributed by atoms with Crippen LogP contribution in [0.5, 0.6) is 0 Å². The molecule has 0 aliphatic carbocycles. The topological polar surface area (TPSA) is 93.4 Å². The van der Waals surface area contributed by atoms with Gasteiger partial charge in [0, 0.05) is 38.4 Å². The van der Waals surface area contributed by atoms with Gasteiger partial charge in [0.2, 0.25) is 11.9 Å². The van der Waals surface area contributed by atoms with Crippen molar-refractivity contribution in [3.63, 3.8) is 0 Å². The van der Waals surface area contributed by atoms with Gasteiger partial charge < -0.3 is 10.6 Å². The standard InChI is InChI=1S/C13H14N8/c1-14-11-18-12(16-9-10-4-2-5-15-8-10)20-13(19-11)21-7-3-6-17-21/h2-8H,9H2,1H3,(H2,14,16,18,19,20). The normalized spacial score (nSPS) is 10.3. The van der Waals surface area contributed by atoms with Crippen LogP contribution < -0.4 is 10.6 Å². The third-order valence-electron chi connectivity index (χ3n) is 2.73. The summed E-state index contributed by atoms with van der Waals surface area (Å²) in [6.07, 6.45) is 6.98. The summed E-state index contributed by atoms with van der Waals surface area (Å²) in [4.78, 5) is 16.9. The lowest BCUT2D eigenvalue weighted by atomic mass is 10.3. The van der Waals surface area contributed by atoms with Crippen LogP contribution in [0.2, 0.25) is 0 Å². The summed E-state index contributed by atoms with van der Waals surface area (Å²) in [5.74, 6) is 1.40. The lowest BCUT2D eigenvalue weighted by Crippen LogP contribution is -2.11. The molecule has 0 saturated carbocycles. The minimum atomic E-state index is 0.452. The summed E-state index contributed by atoms with van der Waals surface area (Å²) in [6, 6.07) is 5.68. The van der Waals surface area contributed by atoms with Gasteiger partial charge in [0.15, 0.2) is 0 Å². The zero-order valence-electron chi connectivity index (χ0n) is 11.4. The molecule has 3 aromatic rings. The molecule has 106 valence electrons. The molecule has 0 aromatic carbocycles. The lowest BCUT2D eigenvalue weighted by molar-refractivity contribution is 0.797. The molecule has 2 N–H and O–H groups in total. The van der Waals surface area contributed by atoms with Gasteiger partial charge in [-0.15, -0.1) is 0 Å². The summed E-state index contributed by atoms with van der Waals surface area (Å²) in [7, 11) is 1.76.